The smallest absolute Gasteiger partial charge is 0.244 e. The van der Waals surface area contributed by atoms with Crippen LogP contribution in [0, 0.1) is 0 Å². The molecule has 1 amide bonds. The minimum absolute atomic E-state index is 0.135. The van der Waals surface area contributed by atoms with E-state index in [-0.39, 0.29) is 5.91 Å². The zero-order valence-corrected chi connectivity index (χ0v) is 10.4. The minimum Gasteiger partial charge on any atom is -0.338 e. The van der Waals surface area contributed by atoms with Crippen LogP contribution in [0.4, 0.5) is 0 Å². The second-order valence-corrected chi connectivity index (χ2v) is 4.35. The van der Waals surface area contributed by atoms with Crippen molar-refractivity contribution in [2.45, 2.75) is 38.9 Å². The van der Waals surface area contributed by atoms with Gasteiger partial charge in [-0.15, -0.1) is 5.10 Å². The Balaban J connectivity index is 1.92. The number of nitrogens with one attached hydrogen (secondary N) is 1. The number of aromatic nitrogens is 3. The lowest BCUT2D eigenvalue weighted by Gasteiger charge is -2.19. The highest BCUT2D eigenvalue weighted by Gasteiger charge is 2.31. The van der Waals surface area contributed by atoms with Crippen molar-refractivity contribution in [3.63, 3.8) is 0 Å². The third kappa shape index (κ3) is 3.03. The molecule has 0 radical (unpaired) electrons. The average molecular weight is 237 g/mol. The lowest BCUT2D eigenvalue weighted by molar-refractivity contribution is -0.132. The van der Waals surface area contributed by atoms with Crippen LogP contribution in [0.1, 0.15) is 25.5 Å². The summed E-state index contributed by atoms with van der Waals surface area (Å²) in [6.07, 6.45) is 4.10. The van der Waals surface area contributed by atoms with Crippen LogP contribution < -0.4 is 5.32 Å². The van der Waals surface area contributed by atoms with E-state index in [9.17, 15) is 4.79 Å². The normalized spacial score (nSPS) is 14.9. The third-order valence-electron chi connectivity index (χ3n) is 2.89. The third-order valence-corrected chi connectivity index (χ3v) is 2.89. The van der Waals surface area contributed by atoms with Crippen molar-refractivity contribution in [2.75, 3.05) is 13.6 Å². The summed E-state index contributed by atoms with van der Waals surface area (Å²) in [6.45, 7) is 3.76. The predicted molar refractivity (Wildman–Crippen MR) is 63.2 cm³/mol. The molecule has 6 nitrogen and oxygen atoms in total. The van der Waals surface area contributed by atoms with Crippen molar-refractivity contribution in [3.8, 4) is 0 Å². The van der Waals surface area contributed by atoms with Crippen LogP contribution >= 0.6 is 0 Å². The van der Waals surface area contributed by atoms with Crippen LogP contribution in [-0.4, -0.2) is 45.4 Å². The minimum atomic E-state index is 0.135. The van der Waals surface area contributed by atoms with E-state index in [4.69, 9.17) is 0 Å². The standard InChI is InChI=1S/C11H19N5O/c1-3-16(10-4-5-10)11(17)8-15-7-9(6-12-2)13-14-15/h7,10,12H,3-6,8H2,1-2H3. The van der Waals surface area contributed by atoms with Crippen LogP contribution in [0.25, 0.3) is 0 Å². The molecule has 1 aromatic heterocycles. The lowest BCUT2D eigenvalue weighted by atomic mass is 10.4. The lowest BCUT2D eigenvalue weighted by Crippen LogP contribution is -2.35. The molecular formula is C11H19N5O. The summed E-state index contributed by atoms with van der Waals surface area (Å²) in [5.74, 6) is 0.135. The van der Waals surface area contributed by atoms with E-state index in [1.54, 1.807) is 4.68 Å². The number of hydrogen-bond acceptors (Lipinski definition) is 4. The molecule has 1 fully saturated rings. The SMILES string of the molecule is CCN(C(=O)Cn1cc(CNC)nn1)C1CC1. The Bertz CT molecular complexity index is 385. The van der Waals surface area contributed by atoms with Gasteiger partial charge < -0.3 is 10.2 Å². The molecule has 0 saturated heterocycles. The van der Waals surface area contributed by atoms with E-state index < -0.39 is 0 Å². The van der Waals surface area contributed by atoms with Crippen LogP contribution in [0.5, 0.6) is 0 Å². The van der Waals surface area contributed by atoms with Gasteiger partial charge in [0.2, 0.25) is 5.91 Å². The van der Waals surface area contributed by atoms with Gasteiger partial charge in [-0.3, -0.25) is 4.79 Å². The molecule has 1 heterocycles. The molecule has 2 rings (SSSR count). The highest BCUT2D eigenvalue weighted by molar-refractivity contribution is 5.76. The first-order valence-electron chi connectivity index (χ1n) is 6.07. The number of rotatable bonds is 6. The highest BCUT2D eigenvalue weighted by atomic mass is 16.2. The number of carbonyl (C=O) groups is 1. The monoisotopic (exact) mass is 237 g/mol. The molecule has 0 atom stereocenters. The Labute approximate surface area is 101 Å². The molecule has 1 N–H and O–H groups in total. The molecule has 6 heteroatoms. The van der Waals surface area contributed by atoms with Gasteiger partial charge in [0.25, 0.3) is 0 Å². The number of carbonyl (C=O) groups excluding carboxylic acids is 1. The molecule has 0 aliphatic heterocycles. The summed E-state index contributed by atoms with van der Waals surface area (Å²) in [4.78, 5) is 13.9. The van der Waals surface area contributed by atoms with Crippen LogP contribution in [0.2, 0.25) is 0 Å². The average Bonchev–Trinajstić information content (AvgIpc) is 3.03. The van der Waals surface area contributed by atoms with Crippen molar-refractivity contribution in [2.24, 2.45) is 0 Å². The summed E-state index contributed by atoms with van der Waals surface area (Å²) in [6, 6.07) is 0.466. The Kier molecular flexibility index (Phi) is 3.73. The maximum absolute atomic E-state index is 12.0. The van der Waals surface area contributed by atoms with Gasteiger partial charge in [0.1, 0.15) is 6.54 Å². The number of hydrogen-bond donors (Lipinski definition) is 1. The molecule has 1 aromatic rings. The van der Waals surface area contributed by atoms with Gasteiger partial charge in [0, 0.05) is 19.1 Å². The van der Waals surface area contributed by atoms with Gasteiger partial charge >= 0.3 is 0 Å². The molecule has 0 spiro atoms. The van der Waals surface area contributed by atoms with E-state index in [2.05, 4.69) is 15.6 Å². The fourth-order valence-corrected chi connectivity index (χ4v) is 1.93. The molecule has 0 aromatic carbocycles. The van der Waals surface area contributed by atoms with Gasteiger partial charge in [-0.25, -0.2) is 4.68 Å². The van der Waals surface area contributed by atoms with Gasteiger partial charge in [-0.1, -0.05) is 5.21 Å². The Morgan fingerprint density at radius 3 is 3.00 bits per heavy atom. The molecular weight excluding hydrogens is 218 g/mol. The fourth-order valence-electron chi connectivity index (χ4n) is 1.93. The molecule has 1 aliphatic rings. The van der Waals surface area contributed by atoms with E-state index >= 15 is 0 Å². The zero-order valence-electron chi connectivity index (χ0n) is 10.4. The summed E-state index contributed by atoms with van der Waals surface area (Å²) in [5.41, 5.74) is 0.856. The Morgan fingerprint density at radius 1 is 1.65 bits per heavy atom. The van der Waals surface area contributed by atoms with Crippen molar-refractivity contribution >= 4 is 5.91 Å². The highest BCUT2D eigenvalue weighted by Crippen LogP contribution is 2.26. The number of amides is 1. The molecule has 0 bridgehead atoms. The molecule has 1 aliphatic carbocycles. The van der Waals surface area contributed by atoms with Gasteiger partial charge in [-0.2, -0.15) is 0 Å². The van der Waals surface area contributed by atoms with Crippen molar-refractivity contribution < 1.29 is 4.79 Å². The summed E-state index contributed by atoms with van der Waals surface area (Å²) < 4.78 is 1.61. The maximum Gasteiger partial charge on any atom is 0.244 e. The largest absolute Gasteiger partial charge is 0.338 e. The predicted octanol–water partition coefficient (Wildman–Crippen LogP) is 0.00840. The summed E-state index contributed by atoms with van der Waals surface area (Å²) in [5, 5.41) is 10.9. The second kappa shape index (κ2) is 5.27. The Hall–Kier alpha value is -1.43. The summed E-state index contributed by atoms with van der Waals surface area (Å²) >= 11 is 0. The molecule has 17 heavy (non-hydrogen) atoms. The van der Waals surface area contributed by atoms with E-state index in [0.717, 1.165) is 25.1 Å². The number of nitrogens with zero attached hydrogens (tertiary/aromatic N) is 4. The van der Waals surface area contributed by atoms with Gasteiger partial charge in [0.05, 0.1) is 11.9 Å². The van der Waals surface area contributed by atoms with Crippen LogP contribution in [0.3, 0.4) is 0 Å². The van der Waals surface area contributed by atoms with E-state index in [1.807, 2.05) is 25.1 Å². The quantitative estimate of drug-likeness (QED) is 0.757. The van der Waals surface area contributed by atoms with E-state index in [1.165, 1.54) is 0 Å². The fraction of sp³-hybridized carbons (Fsp3) is 0.727. The second-order valence-electron chi connectivity index (χ2n) is 4.35. The summed E-state index contributed by atoms with van der Waals surface area (Å²) in [7, 11) is 1.86. The Morgan fingerprint density at radius 2 is 2.41 bits per heavy atom. The molecule has 94 valence electrons. The van der Waals surface area contributed by atoms with E-state index in [0.29, 0.717) is 19.1 Å². The first kappa shape index (κ1) is 12.0. The van der Waals surface area contributed by atoms with Crippen molar-refractivity contribution in [3.05, 3.63) is 11.9 Å². The van der Waals surface area contributed by atoms with Crippen LogP contribution in [-0.2, 0) is 17.9 Å². The molecule has 0 unspecified atom stereocenters. The van der Waals surface area contributed by atoms with Crippen molar-refractivity contribution in [1.29, 1.82) is 0 Å². The van der Waals surface area contributed by atoms with Gasteiger partial charge in [0.15, 0.2) is 0 Å². The van der Waals surface area contributed by atoms with Crippen LogP contribution in [0.15, 0.2) is 6.20 Å². The first-order chi connectivity index (χ1) is 8.24. The topological polar surface area (TPSA) is 63.1 Å². The van der Waals surface area contributed by atoms with Gasteiger partial charge in [-0.05, 0) is 26.8 Å². The zero-order chi connectivity index (χ0) is 12.3. The molecule has 1 saturated carbocycles. The number of likely N-dealkylation sites (N-methyl/N-ethyl adjacent to an activating group) is 1. The van der Waals surface area contributed by atoms with Crippen molar-refractivity contribution in [1.82, 2.24) is 25.2 Å². The first-order valence-corrected chi connectivity index (χ1v) is 6.07. The maximum atomic E-state index is 12.0.